The van der Waals surface area contributed by atoms with Gasteiger partial charge in [0.25, 0.3) is 15.9 Å². The van der Waals surface area contributed by atoms with Crippen LogP contribution in [0.1, 0.15) is 36.0 Å². The molecule has 9 heteroatoms. The Hall–Kier alpha value is -3.07. The summed E-state index contributed by atoms with van der Waals surface area (Å²) in [6.45, 7) is 1.07. The van der Waals surface area contributed by atoms with Gasteiger partial charge in [-0.1, -0.05) is 0 Å². The van der Waals surface area contributed by atoms with Gasteiger partial charge in [-0.15, -0.1) is 0 Å². The van der Waals surface area contributed by atoms with Crippen molar-refractivity contribution in [3.8, 4) is 5.75 Å². The second kappa shape index (κ2) is 9.20. The molecule has 0 bridgehead atoms. The molecule has 1 aliphatic heterocycles. The maximum absolute atomic E-state index is 12.8. The molecule has 2 aliphatic rings. The molecule has 2 fully saturated rings. The summed E-state index contributed by atoms with van der Waals surface area (Å²) in [5, 5.41) is 3.04. The van der Waals surface area contributed by atoms with Gasteiger partial charge < -0.3 is 15.0 Å². The molecule has 2 amide bonds. The zero-order valence-corrected chi connectivity index (χ0v) is 18.7. The molecule has 2 N–H and O–H groups in total. The van der Waals surface area contributed by atoms with Crippen molar-refractivity contribution in [3.05, 3.63) is 54.1 Å². The van der Waals surface area contributed by atoms with E-state index in [2.05, 4.69) is 10.0 Å². The fourth-order valence-corrected chi connectivity index (χ4v) is 4.78. The number of rotatable bonds is 7. The van der Waals surface area contributed by atoms with Crippen LogP contribution in [0.15, 0.2) is 53.4 Å². The Balaban J connectivity index is 1.33. The number of nitrogens with one attached hydrogen (secondary N) is 2. The first kappa shape index (κ1) is 22.1. The molecule has 1 aliphatic carbocycles. The Bertz CT molecular complexity index is 1070. The Kier molecular flexibility index (Phi) is 6.36. The highest BCUT2D eigenvalue weighted by atomic mass is 32.2. The van der Waals surface area contributed by atoms with Crippen LogP contribution in [0.4, 0.5) is 5.69 Å². The number of hydrogen-bond acceptors (Lipinski definition) is 5. The third-order valence-corrected chi connectivity index (χ3v) is 7.23. The maximum atomic E-state index is 12.8. The number of piperidine rings is 1. The number of likely N-dealkylation sites (tertiary alicyclic amines) is 1. The van der Waals surface area contributed by atoms with Crippen LogP contribution in [-0.2, 0) is 14.8 Å². The van der Waals surface area contributed by atoms with Crippen LogP contribution in [-0.4, -0.2) is 51.4 Å². The van der Waals surface area contributed by atoms with E-state index in [1.165, 1.54) is 19.2 Å². The SMILES string of the molecule is COc1ccc(S(=O)(=O)Nc2ccc(C(=O)N3CCC(C(=O)NC4CC4)CC3)cc2)cc1. The van der Waals surface area contributed by atoms with Crippen molar-refractivity contribution in [3.63, 3.8) is 0 Å². The first-order valence-corrected chi connectivity index (χ1v) is 12.2. The van der Waals surface area contributed by atoms with Crippen LogP contribution < -0.4 is 14.8 Å². The van der Waals surface area contributed by atoms with Crippen molar-refractivity contribution in [1.82, 2.24) is 10.2 Å². The number of carbonyl (C=O) groups excluding carboxylic acids is 2. The molecule has 0 spiro atoms. The highest BCUT2D eigenvalue weighted by Gasteiger charge is 2.31. The minimum Gasteiger partial charge on any atom is -0.497 e. The molecule has 0 atom stereocenters. The second-order valence-electron chi connectivity index (χ2n) is 8.21. The summed E-state index contributed by atoms with van der Waals surface area (Å²) < 4.78 is 32.7. The lowest BCUT2D eigenvalue weighted by molar-refractivity contribution is -0.126. The van der Waals surface area contributed by atoms with Crippen molar-refractivity contribution < 1.29 is 22.7 Å². The van der Waals surface area contributed by atoms with E-state index in [-0.39, 0.29) is 22.6 Å². The summed E-state index contributed by atoms with van der Waals surface area (Å²) in [5.41, 5.74) is 0.853. The third kappa shape index (κ3) is 5.21. The van der Waals surface area contributed by atoms with E-state index in [0.717, 1.165) is 12.8 Å². The number of carbonyl (C=O) groups is 2. The van der Waals surface area contributed by atoms with Crippen LogP contribution in [0.3, 0.4) is 0 Å². The first-order chi connectivity index (χ1) is 15.4. The van der Waals surface area contributed by atoms with Crippen molar-refractivity contribution in [1.29, 1.82) is 0 Å². The van der Waals surface area contributed by atoms with Gasteiger partial charge in [0.15, 0.2) is 0 Å². The van der Waals surface area contributed by atoms with Crippen molar-refractivity contribution in [2.45, 2.75) is 36.6 Å². The number of nitrogens with zero attached hydrogens (tertiary/aromatic N) is 1. The molecule has 1 saturated carbocycles. The van der Waals surface area contributed by atoms with Gasteiger partial charge in [-0.3, -0.25) is 14.3 Å². The summed E-state index contributed by atoms with van der Waals surface area (Å²) in [6, 6.07) is 12.8. The topological polar surface area (TPSA) is 105 Å². The first-order valence-electron chi connectivity index (χ1n) is 10.7. The minimum absolute atomic E-state index is 0.0330. The Labute approximate surface area is 188 Å². The number of amides is 2. The summed E-state index contributed by atoms with van der Waals surface area (Å²) >= 11 is 0. The molecule has 170 valence electrons. The summed E-state index contributed by atoms with van der Waals surface area (Å²) in [4.78, 5) is 26.9. The lowest BCUT2D eigenvalue weighted by Crippen LogP contribution is -2.43. The van der Waals surface area contributed by atoms with Crippen molar-refractivity contribution >= 4 is 27.5 Å². The molecule has 4 rings (SSSR count). The van der Waals surface area contributed by atoms with Crippen molar-refractivity contribution in [2.24, 2.45) is 5.92 Å². The summed E-state index contributed by atoms with van der Waals surface area (Å²) in [6.07, 6.45) is 3.44. The quantitative estimate of drug-likeness (QED) is 0.665. The van der Waals surface area contributed by atoms with E-state index in [4.69, 9.17) is 4.74 Å². The third-order valence-electron chi connectivity index (χ3n) is 5.83. The average molecular weight is 458 g/mol. The van der Waals surface area contributed by atoms with Gasteiger partial charge in [0.05, 0.1) is 12.0 Å². The molecule has 1 saturated heterocycles. The van der Waals surface area contributed by atoms with E-state index in [1.807, 2.05) is 0 Å². The van der Waals surface area contributed by atoms with Gasteiger partial charge in [-0.2, -0.15) is 0 Å². The molecule has 0 aromatic heterocycles. The second-order valence-corrected chi connectivity index (χ2v) is 9.89. The largest absolute Gasteiger partial charge is 0.497 e. The van der Waals surface area contributed by atoms with Gasteiger partial charge in [0, 0.05) is 36.3 Å². The van der Waals surface area contributed by atoms with E-state index < -0.39 is 10.0 Å². The predicted molar refractivity (Wildman–Crippen MR) is 120 cm³/mol. The molecule has 32 heavy (non-hydrogen) atoms. The normalized spacial score (nSPS) is 17.0. The van der Waals surface area contributed by atoms with E-state index in [0.29, 0.717) is 49.0 Å². The number of ether oxygens (including phenoxy) is 1. The smallest absolute Gasteiger partial charge is 0.261 e. The van der Waals surface area contributed by atoms with Crippen LogP contribution in [0.25, 0.3) is 0 Å². The van der Waals surface area contributed by atoms with Gasteiger partial charge in [0.2, 0.25) is 5.91 Å². The summed E-state index contributed by atoms with van der Waals surface area (Å²) in [7, 11) is -2.24. The number of benzene rings is 2. The lowest BCUT2D eigenvalue weighted by atomic mass is 9.95. The monoisotopic (exact) mass is 457 g/mol. The standard InChI is InChI=1S/C23H27N3O5S/c1-31-20-8-10-21(11-9-20)32(29,30)25-19-4-2-17(3-5-19)23(28)26-14-12-16(13-15-26)22(27)24-18-6-7-18/h2-5,8-11,16,18,25H,6-7,12-15H2,1H3,(H,24,27). The highest BCUT2D eigenvalue weighted by Crippen LogP contribution is 2.24. The fraction of sp³-hybridized carbons (Fsp3) is 0.391. The summed E-state index contributed by atoms with van der Waals surface area (Å²) in [5.74, 6) is 0.525. The van der Waals surface area contributed by atoms with Crippen LogP contribution in [0.2, 0.25) is 0 Å². The molecule has 0 unspecified atom stereocenters. The highest BCUT2D eigenvalue weighted by molar-refractivity contribution is 7.92. The van der Waals surface area contributed by atoms with Crippen LogP contribution in [0.5, 0.6) is 5.75 Å². The number of sulfonamides is 1. The lowest BCUT2D eigenvalue weighted by Gasteiger charge is -2.31. The van der Waals surface area contributed by atoms with Crippen LogP contribution >= 0.6 is 0 Å². The number of hydrogen-bond donors (Lipinski definition) is 2. The van der Waals surface area contributed by atoms with E-state index in [9.17, 15) is 18.0 Å². The van der Waals surface area contributed by atoms with E-state index >= 15 is 0 Å². The van der Waals surface area contributed by atoms with Gasteiger partial charge >= 0.3 is 0 Å². The fourth-order valence-electron chi connectivity index (χ4n) is 3.72. The van der Waals surface area contributed by atoms with Gasteiger partial charge in [-0.25, -0.2) is 8.42 Å². The zero-order chi connectivity index (χ0) is 22.7. The molecule has 2 aromatic carbocycles. The molecule has 1 heterocycles. The average Bonchev–Trinajstić information content (AvgIpc) is 3.63. The number of methoxy groups -OCH3 is 1. The minimum atomic E-state index is -3.75. The Morgan fingerprint density at radius 2 is 1.56 bits per heavy atom. The van der Waals surface area contributed by atoms with Gasteiger partial charge in [-0.05, 0) is 74.2 Å². The predicted octanol–water partition coefficient (Wildman–Crippen LogP) is 2.63. The molecular formula is C23H27N3O5S. The Morgan fingerprint density at radius 3 is 2.12 bits per heavy atom. The van der Waals surface area contributed by atoms with Crippen molar-refractivity contribution in [2.75, 3.05) is 24.9 Å². The van der Waals surface area contributed by atoms with E-state index in [1.54, 1.807) is 41.3 Å². The molecule has 8 nitrogen and oxygen atoms in total. The van der Waals surface area contributed by atoms with Crippen LogP contribution in [0, 0.1) is 5.92 Å². The maximum Gasteiger partial charge on any atom is 0.261 e. The Morgan fingerprint density at radius 1 is 0.938 bits per heavy atom. The molecular weight excluding hydrogens is 430 g/mol. The molecule has 0 radical (unpaired) electrons. The number of anilines is 1. The zero-order valence-electron chi connectivity index (χ0n) is 17.9. The van der Waals surface area contributed by atoms with Gasteiger partial charge in [0.1, 0.15) is 5.75 Å². The molecule has 2 aromatic rings.